The molecule has 4 nitrogen and oxygen atoms in total. The van der Waals surface area contributed by atoms with E-state index in [2.05, 4.69) is 48.4 Å². The summed E-state index contributed by atoms with van der Waals surface area (Å²) in [5.74, 6) is -0.180. The van der Waals surface area contributed by atoms with E-state index in [1.807, 2.05) is 49.4 Å². The van der Waals surface area contributed by atoms with E-state index < -0.39 is 0 Å². The summed E-state index contributed by atoms with van der Waals surface area (Å²) >= 11 is 1.50. The molecule has 0 aliphatic rings. The third kappa shape index (κ3) is 3.68. The molecule has 5 aromatic rings. The Balaban J connectivity index is 1.58. The average molecular weight is 424 g/mol. The Labute approximate surface area is 184 Å². The molecule has 0 spiro atoms. The predicted octanol–water partition coefficient (Wildman–Crippen LogP) is 6.69. The van der Waals surface area contributed by atoms with Crippen molar-refractivity contribution >= 4 is 43.5 Å². The number of fused-ring (bicyclic) bond motifs is 2. The zero-order valence-corrected chi connectivity index (χ0v) is 18.4. The van der Waals surface area contributed by atoms with Crippen LogP contribution in [-0.2, 0) is 0 Å². The number of anilines is 1. The number of nitrogens with one attached hydrogen (secondary N) is 1. The molecule has 2 heterocycles. The zero-order chi connectivity index (χ0) is 21.5. The molecule has 3 aromatic carbocycles. The SMILES string of the molecule is Cc1ccc(-c2cc(C(=O)Nc3nc4c(C)cc(C)cc4s3)c3ccccc3n2)cc1. The number of rotatable bonds is 3. The molecule has 152 valence electrons. The Morgan fingerprint density at radius 1 is 0.871 bits per heavy atom. The summed E-state index contributed by atoms with van der Waals surface area (Å²) in [7, 11) is 0. The number of hydrogen-bond acceptors (Lipinski definition) is 4. The molecule has 0 aliphatic carbocycles. The van der Waals surface area contributed by atoms with Crippen molar-refractivity contribution in [1.29, 1.82) is 0 Å². The van der Waals surface area contributed by atoms with Gasteiger partial charge in [-0.05, 0) is 50.1 Å². The van der Waals surface area contributed by atoms with Gasteiger partial charge in [0.2, 0.25) is 0 Å². The summed E-state index contributed by atoms with van der Waals surface area (Å²) in [5.41, 5.74) is 7.57. The number of carbonyl (C=O) groups excluding carboxylic acids is 1. The normalized spacial score (nSPS) is 11.2. The van der Waals surface area contributed by atoms with Crippen molar-refractivity contribution < 1.29 is 4.79 Å². The highest BCUT2D eigenvalue weighted by Gasteiger charge is 2.16. The van der Waals surface area contributed by atoms with Gasteiger partial charge < -0.3 is 0 Å². The van der Waals surface area contributed by atoms with Crippen molar-refractivity contribution in [3.63, 3.8) is 0 Å². The molecule has 0 saturated heterocycles. The van der Waals surface area contributed by atoms with Crippen LogP contribution < -0.4 is 5.32 Å². The van der Waals surface area contributed by atoms with E-state index in [1.54, 1.807) is 0 Å². The van der Waals surface area contributed by atoms with Crippen LogP contribution in [0.3, 0.4) is 0 Å². The number of hydrogen-bond donors (Lipinski definition) is 1. The smallest absolute Gasteiger partial charge is 0.258 e. The molecule has 1 amide bonds. The fourth-order valence-electron chi connectivity index (χ4n) is 3.82. The Kier molecular flexibility index (Phi) is 4.75. The largest absolute Gasteiger partial charge is 0.298 e. The van der Waals surface area contributed by atoms with Crippen LogP contribution in [0, 0.1) is 20.8 Å². The van der Waals surface area contributed by atoms with Crippen LogP contribution in [0.5, 0.6) is 0 Å². The first-order valence-electron chi connectivity index (χ1n) is 10.1. The van der Waals surface area contributed by atoms with E-state index in [-0.39, 0.29) is 5.91 Å². The number of carbonyl (C=O) groups is 1. The molecule has 31 heavy (non-hydrogen) atoms. The van der Waals surface area contributed by atoms with Crippen molar-refractivity contribution in [3.05, 3.63) is 89.0 Å². The summed E-state index contributed by atoms with van der Waals surface area (Å²) in [6, 6.07) is 22.0. The van der Waals surface area contributed by atoms with Gasteiger partial charge in [-0.3, -0.25) is 10.1 Å². The number of nitrogens with zero attached hydrogens (tertiary/aromatic N) is 2. The van der Waals surface area contributed by atoms with Gasteiger partial charge in [-0.15, -0.1) is 0 Å². The van der Waals surface area contributed by atoms with Crippen LogP contribution in [0.1, 0.15) is 27.0 Å². The number of pyridine rings is 1. The molecule has 5 heteroatoms. The van der Waals surface area contributed by atoms with Gasteiger partial charge in [0, 0.05) is 10.9 Å². The van der Waals surface area contributed by atoms with E-state index >= 15 is 0 Å². The van der Waals surface area contributed by atoms with Crippen molar-refractivity contribution in [3.8, 4) is 11.3 Å². The number of aryl methyl sites for hydroxylation is 3. The lowest BCUT2D eigenvalue weighted by molar-refractivity contribution is 0.102. The fraction of sp³-hybridized carbons (Fsp3) is 0.115. The summed E-state index contributed by atoms with van der Waals surface area (Å²) in [5, 5.41) is 4.44. The maximum atomic E-state index is 13.3. The van der Waals surface area contributed by atoms with Gasteiger partial charge in [-0.1, -0.05) is 65.4 Å². The Morgan fingerprint density at radius 3 is 2.45 bits per heavy atom. The van der Waals surface area contributed by atoms with E-state index in [4.69, 9.17) is 4.98 Å². The maximum absolute atomic E-state index is 13.3. The Morgan fingerprint density at radius 2 is 1.65 bits per heavy atom. The molecular weight excluding hydrogens is 402 g/mol. The molecule has 0 bridgehead atoms. The third-order valence-electron chi connectivity index (χ3n) is 5.36. The molecule has 1 N–H and O–H groups in total. The van der Waals surface area contributed by atoms with Crippen LogP contribution in [0.25, 0.3) is 32.4 Å². The second-order valence-corrected chi connectivity index (χ2v) is 8.87. The van der Waals surface area contributed by atoms with Gasteiger partial charge in [-0.2, -0.15) is 0 Å². The van der Waals surface area contributed by atoms with Gasteiger partial charge in [0.1, 0.15) is 0 Å². The Hall–Kier alpha value is -3.57. The quantitative estimate of drug-likeness (QED) is 0.352. The number of benzene rings is 3. The van der Waals surface area contributed by atoms with Gasteiger partial charge >= 0.3 is 0 Å². The minimum Gasteiger partial charge on any atom is -0.298 e. The van der Waals surface area contributed by atoms with Crippen LogP contribution >= 0.6 is 11.3 Å². The third-order valence-corrected chi connectivity index (χ3v) is 6.28. The number of aromatic nitrogens is 2. The molecule has 0 atom stereocenters. The van der Waals surface area contributed by atoms with Gasteiger partial charge in [-0.25, -0.2) is 9.97 Å². The summed E-state index contributed by atoms with van der Waals surface area (Å²) < 4.78 is 1.08. The Bertz CT molecular complexity index is 1450. The van der Waals surface area contributed by atoms with Crippen LogP contribution in [0.2, 0.25) is 0 Å². The standard InChI is InChI=1S/C26H21N3OS/c1-15-8-10-18(11-9-15)22-14-20(19-6-4-5-7-21(19)27-22)25(30)29-26-28-24-17(3)12-16(2)13-23(24)31-26/h4-14H,1-3H3,(H,28,29,30). The van der Waals surface area contributed by atoms with Gasteiger partial charge in [0.25, 0.3) is 5.91 Å². The number of thiazole rings is 1. The van der Waals surface area contributed by atoms with Crippen molar-refractivity contribution in [2.45, 2.75) is 20.8 Å². The monoisotopic (exact) mass is 423 g/mol. The molecule has 5 rings (SSSR count). The van der Waals surface area contributed by atoms with E-state index in [0.717, 1.165) is 37.9 Å². The lowest BCUT2D eigenvalue weighted by atomic mass is 10.0. The molecule has 0 aliphatic heterocycles. The topological polar surface area (TPSA) is 54.9 Å². The maximum Gasteiger partial charge on any atom is 0.258 e. The van der Waals surface area contributed by atoms with Gasteiger partial charge in [0.05, 0.1) is 27.0 Å². The second kappa shape index (κ2) is 7.60. The molecule has 0 saturated carbocycles. The highest BCUT2D eigenvalue weighted by Crippen LogP contribution is 2.31. The minimum absolute atomic E-state index is 0.180. The zero-order valence-electron chi connectivity index (χ0n) is 17.6. The van der Waals surface area contributed by atoms with Crippen LogP contribution in [-0.4, -0.2) is 15.9 Å². The van der Waals surface area contributed by atoms with Crippen molar-refractivity contribution in [2.24, 2.45) is 0 Å². The van der Waals surface area contributed by atoms with Crippen LogP contribution in [0.4, 0.5) is 5.13 Å². The average Bonchev–Trinajstić information content (AvgIpc) is 3.16. The summed E-state index contributed by atoms with van der Waals surface area (Å²) in [4.78, 5) is 22.8. The predicted molar refractivity (Wildman–Crippen MR) is 129 cm³/mol. The molecular formula is C26H21N3OS. The fourth-order valence-corrected chi connectivity index (χ4v) is 4.86. The van der Waals surface area contributed by atoms with Gasteiger partial charge in [0.15, 0.2) is 5.13 Å². The van der Waals surface area contributed by atoms with Crippen molar-refractivity contribution in [2.75, 3.05) is 5.32 Å². The highest BCUT2D eigenvalue weighted by atomic mass is 32.1. The van der Waals surface area contributed by atoms with Crippen molar-refractivity contribution in [1.82, 2.24) is 9.97 Å². The summed E-state index contributed by atoms with van der Waals surface area (Å²) in [6.07, 6.45) is 0. The van der Waals surface area contributed by atoms with E-state index in [0.29, 0.717) is 10.7 Å². The number of amides is 1. The first kappa shape index (κ1) is 19.4. The molecule has 0 unspecified atom stereocenters. The first-order valence-corrected chi connectivity index (χ1v) is 11.0. The lowest BCUT2D eigenvalue weighted by Crippen LogP contribution is -2.13. The lowest BCUT2D eigenvalue weighted by Gasteiger charge is -2.10. The molecule has 0 radical (unpaired) electrons. The first-order chi connectivity index (χ1) is 15.0. The van der Waals surface area contributed by atoms with E-state index in [9.17, 15) is 4.79 Å². The molecule has 0 fully saturated rings. The van der Waals surface area contributed by atoms with E-state index in [1.165, 1.54) is 22.5 Å². The summed E-state index contributed by atoms with van der Waals surface area (Å²) in [6.45, 7) is 6.17. The molecule has 2 aromatic heterocycles. The van der Waals surface area contributed by atoms with Crippen LogP contribution in [0.15, 0.2) is 66.7 Å². The number of para-hydroxylation sites is 1. The second-order valence-electron chi connectivity index (χ2n) is 7.84. The minimum atomic E-state index is -0.180. The highest BCUT2D eigenvalue weighted by molar-refractivity contribution is 7.22.